The summed E-state index contributed by atoms with van der Waals surface area (Å²) < 4.78 is 2.12. The van der Waals surface area contributed by atoms with Crippen LogP contribution in [0.25, 0.3) is 11.0 Å². The second-order valence-electron chi connectivity index (χ2n) is 5.56. The molecular formula is C18H18ClN3O2S. The first-order valence-corrected chi connectivity index (χ1v) is 9.30. The summed E-state index contributed by atoms with van der Waals surface area (Å²) in [4.78, 5) is 16.8. The Morgan fingerprint density at radius 2 is 2.04 bits per heavy atom. The van der Waals surface area contributed by atoms with Crippen molar-refractivity contribution in [2.75, 3.05) is 11.1 Å². The van der Waals surface area contributed by atoms with Crippen molar-refractivity contribution in [1.29, 1.82) is 0 Å². The van der Waals surface area contributed by atoms with Crippen molar-refractivity contribution < 1.29 is 9.90 Å². The minimum Gasteiger partial charge on any atom is -0.508 e. The molecule has 0 bridgehead atoms. The summed E-state index contributed by atoms with van der Waals surface area (Å²) in [6.45, 7) is 2.94. The second-order valence-corrected chi connectivity index (χ2v) is 6.94. The number of aryl methyl sites for hydroxylation is 1. The number of phenolic OH excluding ortho intramolecular Hbond substituents is 1. The maximum atomic E-state index is 12.2. The normalized spacial score (nSPS) is 11.0. The Kier molecular flexibility index (Phi) is 5.50. The van der Waals surface area contributed by atoms with Gasteiger partial charge in [-0.05, 0) is 48.9 Å². The number of hydrogen-bond acceptors (Lipinski definition) is 4. The molecule has 0 radical (unpaired) electrons. The van der Waals surface area contributed by atoms with Gasteiger partial charge in [-0.2, -0.15) is 0 Å². The number of nitrogens with zero attached hydrogens (tertiary/aromatic N) is 2. The van der Waals surface area contributed by atoms with Crippen molar-refractivity contribution in [3.8, 4) is 5.75 Å². The fraction of sp³-hybridized carbons (Fsp3) is 0.222. The van der Waals surface area contributed by atoms with E-state index in [-0.39, 0.29) is 17.4 Å². The van der Waals surface area contributed by atoms with E-state index >= 15 is 0 Å². The van der Waals surface area contributed by atoms with Gasteiger partial charge in [-0.15, -0.1) is 0 Å². The lowest BCUT2D eigenvalue weighted by molar-refractivity contribution is -0.113. The van der Waals surface area contributed by atoms with Crippen LogP contribution in [0.2, 0.25) is 5.02 Å². The molecule has 2 N–H and O–H groups in total. The van der Waals surface area contributed by atoms with E-state index in [0.717, 1.165) is 29.2 Å². The molecule has 0 spiro atoms. The number of phenols is 1. The van der Waals surface area contributed by atoms with Crippen LogP contribution in [-0.4, -0.2) is 26.3 Å². The Morgan fingerprint density at radius 3 is 2.76 bits per heavy atom. The minimum absolute atomic E-state index is 0.121. The Balaban J connectivity index is 1.72. The molecule has 0 saturated heterocycles. The quantitative estimate of drug-likeness (QED) is 0.490. The summed E-state index contributed by atoms with van der Waals surface area (Å²) in [5, 5.41) is 13.5. The largest absolute Gasteiger partial charge is 0.508 e. The van der Waals surface area contributed by atoms with Crippen LogP contribution in [0, 0.1) is 0 Å². The molecule has 0 unspecified atom stereocenters. The number of carbonyl (C=O) groups is 1. The SMILES string of the molecule is CCCn1c(SCC(=O)Nc2ccc(O)cc2)nc2cc(Cl)ccc21. The number of carbonyl (C=O) groups excluding carboxylic acids is 1. The van der Waals surface area contributed by atoms with Crippen molar-refractivity contribution >= 4 is 46.0 Å². The number of rotatable bonds is 6. The fourth-order valence-corrected chi connectivity index (χ4v) is 3.51. The minimum atomic E-state index is -0.121. The number of fused-ring (bicyclic) bond motifs is 1. The smallest absolute Gasteiger partial charge is 0.234 e. The van der Waals surface area contributed by atoms with Crippen molar-refractivity contribution in [1.82, 2.24) is 9.55 Å². The van der Waals surface area contributed by atoms with E-state index in [1.807, 2.05) is 18.2 Å². The number of thioether (sulfide) groups is 1. The van der Waals surface area contributed by atoms with Gasteiger partial charge in [0.15, 0.2) is 5.16 Å². The maximum absolute atomic E-state index is 12.2. The molecule has 3 aromatic rings. The van der Waals surface area contributed by atoms with Gasteiger partial charge in [-0.1, -0.05) is 30.3 Å². The van der Waals surface area contributed by atoms with E-state index in [0.29, 0.717) is 10.7 Å². The summed E-state index contributed by atoms with van der Waals surface area (Å²) in [6.07, 6.45) is 0.974. The highest BCUT2D eigenvalue weighted by Crippen LogP contribution is 2.27. The number of aromatic nitrogens is 2. The number of benzene rings is 2. The molecule has 1 amide bonds. The van der Waals surface area contributed by atoms with Gasteiger partial charge in [0.05, 0.1) is 16.8 Å². The van der Waals surface area contributed by atoms with Crippen LogP contribution >= 0.6 is 23.4 Å². The molecule has 0 aliphatic carbocycles. The number of aromatic hydroxyl groups is 1. The molecule has 0 aliphatic heterocycles. The molecule has 0 aliphatic rings. The van der Waals surface area contributed by atoms with Crippen LogP contribution in [0.5, 0.6) is 5.75 Å². The number of hydrogen-bond donors (Lipinski definition) is 2. The van der Waals surface area contributed by atoms with Crippen LogP contribution in [0.1, 0.15) is 13.3 Å². The predicted molar refractivity (Wildman–Crippen MR) is 102 cm³/mol. The Labute approximate surface area is 155 Å². The molecular weight excluding hydrogens is 358 g/mol. The van der Waals surface area contributed by atoms with Crippen LogP contribution in [-0.2, 0) is 11.3 Å². The van der Waals surface area contributed by atoms with E-state index < -0.39 is 0 Å². The maximum Gasteiger partial charge on any atom is 0.234 e. The topological polar surface area (TPSA) is 67.2 Å². The van der Waals surface area contributed by atoms with E-state index in [2.05, 4.69) is 21.8 Å². The van der Waals surface area contributed by atoms with Crippen molar-refractivity contribution in [3.63, 3.8) is 0 Å². The molecule has 130 valence electrons. The molecule has 25 heavy (non-hydrogen) atoms. The predicted octanol–water partition coefficient (Wildman–Crippen LogP) is 4.54. The number of imidazole rings is 1. The van der Waals surface area contributed by atoms with E-state index in [1.165, 1.54) is 23.9 Å². The van der Waals surface area contributed by atoms with E-state index in [1.54, 1.807) is 12.1 Å². The molecule has 2 aromatic carbocycles. The lowest BCUT2D eigenvalue weighted by atomic mass is 10.3. The number of anilines is 1. The number of halogens is 1. The number of amides is 1. The first-order valence-electron chi connectivity index (χ1n) is 7.94. The van der Waals surface area contributed by atoms with Crippen molar-refractivity contribution in [3.05, 3.63) is 47.5 Å². The summed E-state index contributed by atoms with van der Waals surface area (Å²) in [7, 11) is 0. The zero-order valence-corrected chi connectivity index (χ0v) is 15.3. The molecule has 1 heterocycles. The highest BCUT2D eigenvalue weighted by atomic mass is 35.5. The summed E-state index contributed by atoms with van der Waals surface area (Å²) in [5.41, 5.74) is 2.51. The first-order chi connectivity index (χ1) is 12.1. The Hall–Kier alpha value is -2.18. The second kappa shape index (κ2) is 7.80. The van der Waals surface area contributed by atoms with Crippen LogP contribution < -0.4 is 5.32 Å². The molecule has 1 aromatic heterocycles. The molecule has 7 heteroatoms. The standard InChI is InChI=1S/C18H18ClN3O2S/c1-2-9-22-16-8-3-12(19)10-15(16)21-18(22)25-11-17(24)20-13-4-6-14(23)7-5-13/h3-8,10,23H,2,9,11H2,1H3,(H,20,24). The van der Waals surface area contributed by atoms with Crippen molar-refractivity contribution in [2.45, 2.75) is 25.0 Å². The Bertz CT molecular complexity index is 893. The van der Waals surface area contributed by atoms with Gasteiger partial charge in [0, 0.05) is 17.3 Å². The molecule has 5 nitrogen and oxygen atoms in total. The monoisotopic (exact) mass is 375 g/mol. The third kappa shape index (κ3) is 4.27. The zero-order chi connectivity index (χ0) is 17.8. The van der Waals surface area contributed by atoms with Crippen LogP contribution in [0.3, 0.4) is 0 Å². The summed E-state index contributed by atoms with van der Waals surface area (Å²) in [6, 6.07) is 12.0. The zero-order valence-electron chi connectivity index (χ0n) is 13.7. The van der Waals surface area contributed by atoms with Gasteiger partial charge in [-0.3, -0.25) is 4.79 Å². The fourth-order valence-electron chi connectivity index (χ4n) is 2.50. The third-order valence-electron chi connectivity index (χ3n) is 3.61. The van der Waals surface area contributed by atoms with Gasteiger partial charge >= 0.3 is 0 Å². The highest BCUT2D eigenvalue weighted by molar-refractivity contribution is 7.99. The average Bonchev–Trinajstić information content (AvgIpc) is 2.92. The van der Waals surface area contributed by atoms with Gasteiger partial charge in [0.25, 0.3) is 0 Å². The van der Waals surface area contributed by atoms with E-state index in [9.17, 15) is 9.90 Å². The van der Waals surface area contributed by atoms with Crippen LogP contribution in [0.15, 0.2) is 47.6 Å². The number of nitrogens with one attached hydrogen (secondary N) is 1. The van der Waals surface area contributed by atoms with Gasteiger partial charge in [0.1, 0.15) is 5.75 Å². The highest BCUT2D eigenvalue weighted by Gasteiger charge is 2.13. The summed E-state index contributed by atoms with van der Waals surface area (Å²) in [5.74, 6) is 0.296. The van der Waals surface area contributed by atoms with Gasteiger partial charge < -0.3 is 15.0 Å². The summed E-state index contributed by atoms with van der Waals surface area (Å²) >= 11 is 7.44. The third-order valence-corrected chi connectivity index (χ3v) is 4.82. The van der Waals surface area contributed by atoms with E-state index in [4.69, 9.17) is 11.6 Å². The average molecular weight is 376 g/mol. The van der Waals surface area contributed by atoms with Crippen molar-refractivity contribution in [2.24, 2.45) is 0 Å². The lowest BCUT2D eigenvalue weighted by Crippen LogP contribution is -2.14. The van der Waals surface area contributed by atoms with Gasteiger partial charge in [0.2, 0.25) is 5.91 Å². The molecule has 3 rings (SSSR count). The molecule has 0 atom stereocenters. The Morgan fingerprint density at radius 1 is 1.28 bits per heavy atom. The molecule has 0 saturated carbocycles. The van der Waals surface area contributed by atoms with Crippen LogP contribution in [0.4, 0.5) is 5.69 Å². The lowest BCUT2D eigenvalue weighted by Gasteiger charge is -2.08. The first kappa shape index (κ1) is 17.6. The molecule has 0 fully saturated rings. The van der Waals surface area contributed by atoms with Gasteiger partial charge in [-0.25, -0.2) is 4.98 Å².